The molecule has 0 bridgehead atoms. The average Bonchev–Trinajstić information content (AvgIpc) is 3.67. The second-order valence-corrected chi connectivity index (χ2v) is 15.3. The topological polar surface area (TPSA) is 147 Å². The number of aromatic nitrogens is 5. The van der Waals surface area contributed by atoms with Crippen molar-refractivity contribution in [3.8, 4) is 0 Å². The number of hydrogen-bond acceptors (Lipinski definition) is 9. The van der Waals surface area contributed by atoms with Crippen LogP contribution in [0.5, 0.6) is 0 Å². The third kappa shape index (κ3) is 10.6. The summed E-state index contributed by atoms with van der Waals surface area (Å²) in [5, 5.41) is 4.27. The SMILES string of the molecule is CC1(C)CN2C(=O)CCC2(C)N(C(=O)C(Cl)Cl)C1.CCN(c1nc(N)nc(Cl)n1)C(C)C.Cc1cccc(C)c1N(Cn1cccn1)C(=O)CCl. The monoisotopic (exact) mass is 784 g/mol. The van der Waals surface area contributed by atoms with Crippen LogP contribution in [-0.2, 0) is 21.1 Å². The van der Waals surface area contributed by atoms with Crippen LogP contribution in [0, 0.1) is 19.3 Å². The second kappa shape index (κ2) is 17.9. The molecular formula is C34H48Cl4N10O3. The van der Waals surface area contributed by atoms with Crippen LogP contribution in [0.15, 0.2) is 36.7 Å². The maximum atomic E-state index is 12.2. The lowest BCUT2D eigenvalue weighted by molar-refractivity contribution is -0.163. The molecule has 1 aromatic carbocycles. The summed E-state index contributed by atoms with van der Waals surface area (Å²) < 4.78 is 1.70. The highest BCUT2D eigenvalue weighted by molar-refractivity contribution is 6.53. The van der Waals surface area contributed by atoms with Crippen molar-refractivity contribution in [1.82, 2.24) is 34.5 Å². The van der Waals surface area contributed by atoms with Crippen molar-refractivity contribution in [2.45, 2.75) is 91.4 Å². The Balaban J connectivity index is 0.000000209. The number of nitrogens with two attached hydrogens (primary N) is 1. The van der Waals surface area contributed by atoms with E-state index in [0.29, 0.717) is 44.6 Å². The highest BCUT2D eigenvalue weighted by atomic mass is 35.5. The number of nitrogen functional groups attached to an aromatic ring is 1. The Morgan fingerprint density at radius 1 is 1.04 bits per heavy atom. The van der Waals surface area contributed by atoms with E-state index >= 15 is 0 Å². The van der Waals surface area contributed by atoms with Crippen molar-refractivity contribution in [3.05, 3.63) is 53.1 Å². The van der Waals surface area contributed by atoms with Crippen molar-refractivity contribution in [2.75, 3.05) is 41.0 Å². The molecule has 3 amide bonds. The first-order valence-corrected chi connectivity index (χ1v) is 18.4. The predicted octanol–water partition coefficient (Wildman–Crippen LogP) is 6.07. The molecule has 4 heterocycles. The van der Waals surface area contributed by atoms with Crippen molar-refractivity contribution >= 4 is 81.7 Å². The van der Waals surface area contributed by atoms with Gasteiger partial charge in [-0.15, -0.1) is 11.6 Å². The van der Waals surface area contributed by atoms with E-state index in [9.17, 15) is 14.4 Å². The number of alkyl halides is 3. The summed E-state index contributed by atoms with van der Waals surface area (Å²) in [5.74, 6) is 0.292. The van der Waals surface area contributed by atoms with Gasteiger partial charge in [0, 0.05) is 49.9 Å². The summed E-state index contributed by atoms with van der Waals surface area (Å²) in [6.07, 6.45) is 4.63. The van der Waals surface area contributed by atoms with Gasteiger partial charge in [-0.1, -0.05) is 55.2 Å². The van der Waals surface area contributed by atoms with Crippen LogP contribution >= 0.6 is 46.4 Å². The summed E-state index contributed by atoms with van der Waals surface area (Å²) >= 11 is 22.8. The number of carbonyl (C=O) groups excluding carboxylic acids is 3. The van der Waals surface area contributed by atoms with Crippen LogP contribution < -0.4 is 15.5 Å². The Labute approximate surface area is 320 Å². The number of para-hydroxylation sites is 1. The molecule has 0 spiro atoms. The highest BCUT2D eigenvalue weighted by Crippen LogP contribution is 2.42. The Kier molecular flexibility index (Phi) is 14.7. The normalized spacial score (nSPS) is 17.7. The minimum Gasteiger partial charge on any atom is -0.368 e. The Morgan fingerprint density at radius 2 is 1.69 bits per heavy atom. The fourth-order valence-electron chi connectivity index (χ4n) is 6.26. The molecule has 0 radical (unpaired) electrons. The molecule has 17 heteroatoms. The lowest BCUT2D eigenvalue weighted by Gasteiger charge is -2.54. The minimum absolute atomic E-state index is 0.0466. The van der Waals surface area contributed by atoms with Gasteiger partial charge in [-0.05, 0) is 76.8 Å². The van der Waals surface area contributed by atoms with Gasteiger partial charge in [0.2, 0.25) is 29.0 Å². The lowest BCUT2D eigenvalue weighted by Crippen LogP contribution is -2.67. The van der Waals surface area contributed by atoms with Crippen LogP contribution in [-0.4, -0.2) is 94.3 Å². The van der Waals surface area contributed by atoms with Crippen LogP contribution in [0.2, 0.25) is 5.28 Å². The van der Waals surface area contributed by atoms with Gasteiger partial charge in [0.1, 0.15) is 18.2 Å². The standard InChI is InChI=1S/C14H16ClN3O.C12H18Cl2N2O2.C8H14ClN5/c1-11-5-3-6-12(2)14(11)18(13(19)9-15)10-17-8-4-7-16-17;1-11(2)6-15-8(17)4-5-12(15,3)16(7-11)10(18)9(13)14;1-4-14(5(2)3)8-12-6(9)11-7(10)13-8/h3-8H,9-10H2,1-2H3;9H,4-7H2,1-3H3;5H,4H2,1-3H3,(H2,10,11,12,13). The van der Waals surface area contributed by atoms with Crippen LogP contribution in [0.4, 0.5) is 17.6 Å². The van der Waals surface area contributed by atoms with Gasteiger partial charge < -0.3 is 20.4 Å². The van der Waals surface area contributed by atoms with E-state index in [1.165, 1.54) is 0 Å². The third-order valence-electron chi connectivity index (χ3n) is 8.71. The molecule has 51 heavy (non-hydrogen) atoms. The van der Waals surface area contributed by atoms with E-state index in [1.807, 2.05) is 76.9 Å². The zero-order valence-electron chi connectivity index (χ0n) is 30.4. The quantitative estimate of drug-likeness (QED) is 0.269. The molecule has 13 nitrogen and oxygen atoms in total. The first kappa shape index (κ1) is 42.0. The van der Waals surface area contributed by atoms with Crippen LogP contribution in [0.3, 0.4) is 0 Å². The van der Waals surface area contributed by atoms with E-state index in [-0.39, 0.29) is 40.2 Å². The van der Waals surface area contributed by atoms with Gasteiger partial charge in [-0.2, -0.15) is 20.1 Å². The molecule has 2 aliphatic rings. The molecule has 5 rings (SSSR count). The first-order valence-electron chi connectivity index (χ1n) is 16.6. The first-order chi connectivity index (χ1) is 23.8. The molecular weight excluding hydrogens is 738 g/mol. The van der Waals surface area contributed by atoms with Gasteiger partial charge in [0.15, 0.2) is 4.84 Å². The molecule has 0 aliphatic carbocycles. The maximum absolute atomic E-state index is 12.2. The third-order valence-corrected chi connectivity index (χ3v) is 9.48. The molecule has 1 unspecified atom stereocenters. The lowest BCUT2D eigenvalue weighted by atomic mass is 9.86. The van der Waals surface area contributed by atoms with Crippen LogP contribution in [0.25, 0.3) is 0 Å². The van der Waals surface area contributed by atoms with Crippen molar-refractivity contribution in [1.29, 1.82) is 0 Å². The summed E-state index contributed by atoms with van der Waals surface area (Å²) in [5.41, 5.74) is 7.77. The number of hydrogen-bond donors (Lipinski definition) is 1. The number of rotatable bonds is 8. The van der Waals surface area contributed by atoms with E-state index in [0.717, 1.165) is 23.4 Å². The van der Waals surface area contributed by atoms with E-state index < -0.39 is 10.5 Å². The molecule has 2 N–H and O–H groups in total. The number of nitrogens with zero attached hydrogens (tertiary/aromatic N) is 9. The molecule has 1 atom stereocenters. The Bertz CT molecular complexity index is 1620. The smallest absolute Gasteiger partial charge is 0.257 e. The largest absolute Gasteiger partial charge is 0.368 e. The summed E-state index contributed by atoms with van der Waals surface area (Å²) in [6.45, 7) is 18.5. The van der Waals surface area contributed by atoms with Gasteiger partial charge in [-0.25, -0.2) is 0 Å². The molecule has 2 saturated heterocycles. The Morgan fingerprint density at radius 3 is 2.20 bits per heavy atom. The summed E-state index contributed by atoms with van der Waals surface area (Å²) in [4.78, 5) is 54.0. The number of aryl methyl sites for hydroxylation is 2. The molecule has 0 saturated carbocycles. The molecule has 2 fully saturated rings. The molecule has 280 valence electrons. The van der Waals surface area contributed by atoms with Crippen molar-refractivity contribution < 1.29 is 14.4 Å². The van der Waals surface area contributed by atoms with E-state index in [4.69, 9.17) is 52.1 Å². The van der Waals surface area contributed by atoms with E-state index in [2.05, 4.69) is 33.9 Å². The van der Waals surface area contributed by atoms with Crippen molar-refractivity contribution in [2.24, 2.45) is 5.41 Å². The summed E-state index contributed by atoms with van der Waals surface area (Å²) in [6, 6.07) is 8.08. The van der Waals surface area contributed by atoms with Gasteiger partial charge in [0.05, 0.1) is 5.69 Å². The minimum atomic E-state index is -1.08. The molecule has 2 aromatic heterocycles. The zero-order chi connectivity index (χ0) is 38.3. The average molecular weight is 787 g/mol. The molecule has 2 aliphatic heterocycles. The maximum Gasteiger partial charge on any atom is 0.257 e. The fourth-order valence-corrected chi connectivity index (χ4v) is 6.80. The number of benzene rings is 1. The van der Waals surface area contributed by atoms with Crippen molar-refractivity contribution in [3.63, 3.8) is 0 Å². The zero-order valence-corrected chi connectivity index (χ0v) is 33.4. The number of amides is 3. The number of carbonyl (C=O) groups is 3. The highest BCUT2D eigenvalue weighted by Gasteiger charge is 2.54. The molecule has 3 aromatic rings. The van der Waals surface area contributed by atoms with E-state index in [1.54, 1.807) is 25.6 Å². The second-order valence-electron chi connectivity index (χ2n) is 13.6. The summed E-state index contributed by atoms with van der Waals surface area (Å²) in [7, 11) is 0. The fraction of sp³-hybridized carbons (Fsp3) is 0.559. The predicted molar refractivity (Wildman–Crippen MR) is 204 cm³/mol. The van der Waals surface area contributed by atoms with Gasteiger partial charge in [0.25, 0.3) is 5.91 Å². The van der Waals surface area contributed by atoms with Crippen LogP contribution in [0.1, 0.15) is 65.5 Å². The van der Waals surface area contributed by atoms with Gasteiger partial charge >= 0.3 is 0 Å². The Hall–Kier alpha value is -3.39. The number of anilines is 3. The number of halogens is 4. The van der Waals surface area contributed by atoms with Gasteiger partial charge in [-0.3, -0.25) is 24.0 Å². The number of fused-ring (bicyclic) bond motifs is 1.